The molecule has 2 fully saturated rings. The van der Waals surface area contributed by atoms with Crippen LogP contribution in [0.4, 0.5) is 29.1 Å². The lowest BCUT2D eigenvalue weighted by atomic mass is 10.0. The summed E-state index contributed by atoms with van der Waals surface area (Å²) in [6.45, 7) is 13.6. The number of amides is 1. The van der Waals surface area contributed by atoms with E-state index < -0.39 is 0 Å². The highest BCUT2D eigenvalue weighted by atomic mass is 16.1. The highest BCUT2D eigenvalue weighted by molar-refractivity contribution is 6.05. The molecule has 0 bridgehead atoms. The lowest BCUT2D eigenvalue weighted by molar-refractivity contribution is 0.102. The average molecular weight is 583 g/mol. The third-order valence-corrected chi connectivity index (χ3v) is 8.31. The Morgan fingerprint density at radius 1 is 1.05 bits per heavy atom. The summed E-state index contributed by atoms with van der Waals surface area (Å²) >= 11 is 0. The van der Waals surface area contributed by atoms with Gasteiger partial charge in [0.15, 0.2) is 11.6 Å². The molecule has 0 radical (unpaired) electrons. The van der Waals surface area contributed by atoms with Crippen molar-refractivity contribution < 1.29 is 4.79 Å². The summed E-state index contributed by atoms with van der Waals surface area (Å²) < 4.78 is 0. The predicted molar refractivity (Wildman–Crippen MR) is 170 cm³/mol. The first kappa shape index (κ1) is 28.5. The normalized spacial score (nSPS) is 16.9. The van der Waals surface area contributed by atoms with Crippen molar-refractivity contribution in [3.8, 4) is 0 Å². The molecule has 13 nitrogen and oxygen atoms in total. The number of nitrogens with zero attached hydrogens (tertiary/aromatic N) is 8. The van der Waals surface area contributed by atoms with E-state index in [-0.39, 0.29) is 5.91 Å². The second kappa shape index (κ2) is 11.9. The third kappa shape index (κ3) is 6.13. The second-order valence-electron chi connectivity index (χ2n) is 11.4. The molecule has 0 unspecified atom stereocenters. The topological polar surface area (TPSA) is 157 Å². The van der Waals surface area contributed by atoms with Crippen LogP contribution in [0.15, 0.2) is 37.2 Å². The van der Waals surface area contributed by atoms with Gasteiger partial charge in [-0.15, -0.1) is 0 Å². The van der Waals surface area contributed by atoms with Crippen LogP contribution in [0.1, 0.15) is 41.4 Å². The van der Waals surface area contributed by atoms with Crippen LogP contribution in [0.3, 0.4) is 0 Å². The molecule has 1 amide bonds. The van der Waals surface area contributed by atoms with Gasteiger partial charge in [-0.3, -0.25) is 14.8 Å². The first-order valence-corrected chi connectivity index (χ1v) is 14.6. The van der Waals surface area contributed by atoms with E-state index in [1.165, 1.54) is 19.2 Å². The van der Waals surface area contributed by atoms with Crippen LogP contribution in [0.2, 0.25) is 0 Å². The number of piperazine rings is 1. The SMILES string of the molecule is C=C(C)c1cc(NC(=O)c2ccc(C)c(Nc3ncnc4c(N)nc(N5CCN(C6CCN(C)CC6)CC5)nc34)c2)[nH]n1. The van der Waals surface area contributed by atoms with E-state index in [1.807, 2.05) is 19.9 Å². The maximum Gasteiger partial charge on any atom is 0.256 e. The van der Waals surface area contributed by atoms with Crippen LogP contribution >= 0.6 is 0 Å². The number of anilines is 5. The van der Waals surface area contributed by atoms with E-state index in [2.05, 4.69) is 64.1 Å². The number of rotatable bonds is 7. The Labute approximate surface area is 250 Å². The molecular weight excluding hydrogens is 544 g/mol. The molecule has 5 heterocycles. The van der Waals surface area contributed by atoms with Gasteiger partial charge in [-0.2, -0.15) is 10.1 Å². The number of allylic oxidation sites excluding steroid dienone is 1. The van der Waals surface area contributed by atoms with Gasteiger partial charge in [0.2, 0.25) is 5.95 Å². The number of carbonyl (C=O) groups excluding carboxylic acids is 1. The number of benzene rings is 1. The summed E-state index contributed by atoms with van der Waals surface area (Å²) in [7, 11) is 2.19. The standard InChI is InChI=1S/C30H38N12O/c1-18(2)22-16-24(39-38-22)35-29(43)20-6-5-19(3)23(15-20)34-28-26-25(32-17-33-28)27(31)37-30(36-26)42-13-11-41(12-14-42)21-7-9-40(4)10-8-21/h5-6,15-17,21H,1,7-14H2,2-4H3,(H2,31,36,37)(H,32,33,34)(H2,35,38,39,43). The van der Waals surface area contributed by atoms with Crippen molar-refractivity contribution in [1.29, 1.82) is 0 Å². The van der Waals surface area contributed by atoms with E-state index in [4.69, 9.17) is 10.7 Å². The first-order chi connectivity index (χ1) is 20.7. The minimum atomic E-state index is -0.277. The number of nitrogens with two attached hydrogens (primary N) is 1. The summed E-state index contributed by atoms with van der Waals surface area (Å²) in [5.41, 5.74) is 11.0. The second-order valence-corrected chi connectivity index (χ2v) is 11.4. The van der Waals surface area contributed by atoms with Gasteiger partial charge >= 0.3 is 0 Å². The fourth-order valence-electron chi connectivity index (χ4n) is 5.66. The molecule has 2 saturated heterocycles. The summed E-state index contributed by atoms with van der Waals surface area (Å²) in [5.74, 6) is 1.59. The van der Waals surface area contributed by atoms with Gasteiger partial charge in [0.05, 0.1) is 5.69 Å². The Balaban J connectivity index is 1.20. The Morgan fingerprint density at radius 3 is 2.53 bits per heavy atom. The Morgan fingerprint density at radius 2 is 1.81 bits per heavy atom. The van der Waals surface area contributed by atoms with Crippen molar-refractivity contribution in [3.63, 3.8) is 0 Å². The van der Waals surface area contributed by atoms with Gasteiger partial charge in [0, 0.05) is 49.5 Å². The first-order valence-electron chi connectivity index (χ1n) is 14.6. The zero-order chi connectivity index (χ0) is 30.1. The van der Waals surface area contributed by atoms with Gasteiger partial charge in [-0.05, 0) is 70.1 Å². The number of nitrogens with one attached hydrogen (secondary N) is 3. The van der Waals surface area contributed by atoms with Crippen molar-refractivity contribution in [2.24, 2.45) is 0 Å². The molecule has 3 aromatic heterocycles. The van der Waals surface area contributed by atoms with Gasteiger partial charge < -0.3 is 26.2 Å². The minimum Gasteiger partial charge on any atom is -0.382 e. The molecule has 4 aromatic rings. The number of aryl methyl sites for hydroxylation is 1. The maximum atomic E-state index is 13.0. The van der Waals surface area contributed by atoms with E-state index in [9.17, 15) is 4.79 Å². The fourth-order valence-corrected chi connectivity index (χ4v) is 5.66. The molecule has 0 atom stereocenters. The molecule has 13 heteroatoms. The monoisotopic (exact) mass is 582 g/mol. The molecule has 2 aliphatic heterocycles. The molecule has 43 heavy (non-hydrogen) atoms. The molecule has 0 aliphatic carbocycles. The number of hydrogen-bond acceptors (Lipinski definition) is 11. The van der Waals surface area contributed by atoms with E-state index in [1.54, 1.807) is 18.2 Å². The molecule has 6 rings (SSSR count). The van der Waals surface area contributed by atoms with Crippen molar-refractivity contribution in [3.05, 3.63) is 54.0 Å². The highest BCUT2D eigenvalue weighted by Crippen LogP contribution is 2.29. The fraction of sp³-hybridized carbons (Fsp3) is 0.400. The number of aromatic nitrogens is 6. The lowest BCUT2D eigenvalue weighted by Crippen LogP contribution is -2.53. The van der Waals surface area contributed by atoms with Gasteiger partial charge in [0.1, 0.15) is 23.2 Å². The van der Waals surface area contributed by atoms with Crippen LogP contribution < -0.4 is 21.3 Å². The number of aromatic amines is 1. The number of piperidine rings is 1. The highest BCUT2D eigenvalue weighted by Gasteiger charge is 2.28. The summed E-state index contributed by atoms with van der Waals surface area (Å²) in [5, 5.41) is 13.2. The van der Waals surface area contributed by atoms with Gasteiger partial charge in [0.25, 0.3) is 5.91 Å². The number of nitrogen functional groups attached to an aromatic ring is 1. The van der Waals surface area contributed by atoms with Crippen molar-refractivity contribution in [1.82, 2.24) is 39.9 Å². The van der Waals surface area contributed by atoms with Crippen LogP contribution in [0.5, 0.6) is 0 Å². The van der Waals surface area contributed by atoms with Gasteiger partial charge in [-0.25, -0.2) is 15.0 Å². The predicted octanol–water partition coefficient (Wildman–Crippen LogP) is 3.28. The van der Waals surface area contributed by atoms with Crippen LogP contribution in [0, 0.1) is 6.92 Å². The van der Waals surface area contributed by atoms with Gasteiger partial charge in [-0.1, -0.05) is 12.6 Å². The van der Waals surface area contributed by atoms with Crippen LogP contribution in [0.25, 0.3) is 16.6 Å². The Hall–Kier alpha value is -4.62. The van der Waals surface area contributed by atoms with E-state index in [0.29, 0.717) is 57.4 Å². The molecule has 0 saturated carbocycles. The lowest BCUT2D eigenvalue weighted by Gasteiger charge is -2.42. The third-order valence-electron chi connectivity index (χ3n) is 8.31. The number of carbonyl (C=O) groups is 1. The smallest absolute Gasteiger partial charge is 0.256 e. The number of hydrogen-bond donors (Lipinski definition) is 4. The van der Waals surface area contributed by atoms with Crippen molar-refractivity contribution in [2.75, 3.05) is 67.6 Å². The van der Waals surface area contributed by atoms with Crippen LogP contribution in [-0.2, 0) is 0 Å². The van der Waals surface area contributed by atoms with Crippen molar-refractivity contribution >= 4 is 51.6 Å². The average Bonchev–Trinajstić information content (AvgIpc) is 3.48. The molecular formula is C30H38N12O. The number of likely N-dealkylation sites (tertiary alicyclic amines) is 1. The zero-order valence-electron chi connectivity index (χ0n) is 24.9. The zero-order valence-corrected chi connectivity index (χ0v) is 24.9. The Bertz CT molecular complexity index is 1650. The Kier molecular flexibility index (Phi) is 7.91. The number of fused-ring (bicyclic) bond motifs is 1. The summed E-state index contributed by atoms with van der Waals surface area (Å²) in [6.07, 6.45) is 3.86. The number of H-pyrrole nitrogens is 1. The molecule has 0 spiro atoms. The molecule has 5 N–H and O–H groups in total. The van der Waals surface area contributed by atoms with Crippen LogP contribution in [-0.4, -0.2) is 98.2 Å². The summed E-state index contributed by atoms with van der Waals surface area (Å²) in [4.78, 5) is 38.6. The maximum absolute atomic E-state index is 13.0. The summed E-state index contributed by atoms with van der Waals surface area (Å²) in [6, 6.07) is 7.82. The van der Waals surface area contributed by atoms with E-state index >= 15 is 0 Å². The molecule has 1 aromatic carbocycles. The minimum absolute atomic E-state index is 0.277. The molecule has 2 aliphatic rings. The van der Waals surface area contributed by atoms with E-state index in [0.717, 1.165) is 50.4 Å². The quantitative estimate of drug-likeness (QED) is 0.253. The molecule has 224 valence electrons. The largest absolute Gasteiger partial charge is 0.382 e. The van der Waals surface area contributed by atoms with Crippen molar-refractivity contribution in [2.45, 2.75) is 32.7 Å².